The number of likely N-dealkylation sites (N-methyl/N-ethyl adjacent to an activating group) is 1. The minimum absolute atomic E-state index is 0.00855. The summed E-state index contributed by atoms with van der Waals surface area (Å²) < 4.78 is 7.20. The van der Waals surface area contributed by atoms with Crippen LogP contribution in [0.2, 0.25) is 0 Å². The molecule has 4 aromatic rings. The van der Waals surface area contributed by atoms with E-state index in [0.29, 0.717) is 23.8 Å². The van der Waals surface area contributed by atoms with E-state index in [1.54, 1.807) is 41.4 Å². The number of anilines is 1. The Morgan fingerprint density at radius 1 is 1.12 bits per heavy atom. The van der Waals surface area contributed by atoms with Gasteiger partial charge in [0.2, 0.25) is 11.9 Å². The van der Waals surface area contributed by atoms with Crippen LogP contribution >= 0.6 is 0 Å². The van der Waals surface area contributed by atoms with Gasteiger partial charge >= 0.3 is 0 Å². The van der Waals surface area contributed by atoms with Gasteiger partial charge in [0, 0.05) is 37.7 Å². The van der Waals surface area contributed by atoms with Crippen LogP contribution < -0.4 is 5.73 Å². The predicted molar refractivity (Wildman–Crippen MR) is 125 cm³/mol. The summed E-state index contributed by atoms with van der Waals surface area (Å²) >= 11 is 0. The van der Waals surface area contributed by atoms with E-state index in [2.05, 4.69) is 44.5 Å². The molecule has 34 heavy (non-hydrogen) atoms. The number of carbonyl (C=O) groups is 1. The van der Waals surface area contributed by atoms with Crippen molar-refractivity contribution in [3.63, 3.8) is 0 Å². The molecule has 10 nitrogen and oxygen atoms in total. The first kappa shape index (κ1) is 21.7. The number of nitrogens with zero attached hydrogens (tertiary/aromatic N) is 7. The number of aromatic nitrogens is 6. The summed E-state index contributed by atoms with van der Waals surface area (Å²) in [4.78, 5) is 26.7. The number of benzene rings is 1. The molecular formula is C24H26N8O2. The molecular weight excluding hydrogens is 432 g/mol. The van der Waals surface area contributed by atoms with Crippen molar-refractivity contribution in [2.75, 3.05) is 19.3 Å². The van der Waals surface area contributed by atoms with E-state index in [1.807, 2.05) is 6.92 Å². The third-order valence-corrected chi connectivity index (χ3v) is 6.58. The van der Waals surface area contributed by atoms with Crippen LogP contribution in [0.4, 0.5) is 5.95 Å². The highest BCUT2D eigenvalue weighted by atomic mass is 16.5. The lowest BCUT2D eigenvalue weighted by Gasteiger charge is -2.39. The van der Waals surface area contributed by atoms with E-state index in [9.17, 15) is 4.79 Å². The number of nitrogen functional groups attached to an aromatic ring is 1. The smallest absolute Gasteiger partial charge is 0.261 e. The first-order valence-electron chi connectivity index (χ1n) is 11.3. The van der Waals surface area contributed by atoms with Crippen LogP contribution in [-0.2, 0) is 16.8 Å². The van der Waals surface area contributed by atoms with Crippen LogP contribution in [0.5, 0.6) is 0 Å². The van der Waals surface area contributed by atoms with Crippen molar-refractivity contribution in [1.29, 1.82) is 0 Å². The third kappa shape index (κ3) is 3.91. The summed E-state index contributed by atoms with van der Waals surface area (Å²) in [7, 11) is 1.77. The van der Waals surface area contributed by atoms with Gasteiger partial charge in [-0.05, 0) is 30.9 Å². The molecule has 1 amide bonds. The molecule has 1 fully saturated rings. The second-order valence-electron chi connectivity index (χ2n) is 8.60. The van der Waals surface area contributed by atoms with Crippen molar-refractivity contribution in [2.45, 2.75) is 38.1 Å². The highest BCUT2D eigenvalue weighted by Gasteiger charge is 2.44. The lowest BCUT2D eigenvalue weighted by atomic mass is 9.64. The molecule has 0 bridgehead atoms. The van der Waals surface area contributed by atoms with E-state index in [0.717, 1.165) is 36.0 Å². The molecule has 0 aliphatic heterocycles. The van der Waals surface area contributed by atoms with Gasteiger partial charge in [-0.1, -0.05) is 35.8 Å². The molecule has 2 N–H and O–H groups in total. The Morgan fingerprint density at radius 2 is 1.85 bits per heavy atom. The fraction of sp³-hybridized carbons (Fsp3) is 0.333. The van der Waals surface area contributed by atoms with Crippen LogP contribution in [0.1, 0.15) is 37.6 Å². The molecule has 174 valence electrons. The first-order valence-corrected chi connectivity index (χ1v) is 11.3. The maximum atomic E-state index is 12.2. The Kier molecular flexibility index (Phi) is 5.56. The summed E-state index contributed by atoms with van der Waals surface area (Å²) in [5.41, 5.74) is 9.09. The lowest BCUT2D eigenvalue weighted by molar-refractivity contribution is -0.130. The topological polar surface area (TPSA) is 129 Å². The highest BCUT2D eigenvalue weighted by Crippen LogP contribution is 2.48. The average Bonchev–Trinajstić information content (AvgIpc) is 3.49. The normalized spacial score (nSPS) is 14.5. The van der Waals surface area contributed by atoms with Gasteiger partial charge in [0.1, 0.15) is 6.54 Å². The number of hydrogen-bond acceptors (Lipinski definition) is 8. The van der Waals surface area contributed by atoms with Gasteiger partial charge in [0.15, 0.2) is 5.82 Å². The standard InChI is InChI=1S/C24H26N8O2/c1-3-31(2)20(33)15-32-14-18(13-28-32)21-29-22(30-34-21)24(9-4-10-24)19-7-5-16(6-8-19)17-11-26-23(25)27-12-17/h5-8,11-14H,3-4,9-10,15H2,1-2H3,(H2,25,26,27). The molecule has 0 unspecified atom stereocenters. The molecule has 0 radical (unpaired) electrons. The molecule has 0 atom stereocenters. The van der Waals surface area contributed by atoms with Gasteiger partial charge in [-0.3, -0.25) is 9.48 Å². The first-order chi connectivity index (χ1) is 16.5. The van der Waals surface area contributed by atoms with Crippen molar-refractivity contribution in [2.24, 2.45) is 0 Å². The monoisotopic (exact) mass is 458 g/mol. The second kappa shape index (κ2) is 8.69. The van der Waals surface area contributed by atoms with E-state index in [4.69, 9.17) is 15.2 Å². The second-order valence-corrected chi connectivity index (χ2v) is 8.60. The van der Waals surface area contributed by atoms with E-state index < -0.39 is 0 Å². The molecule has 1 aromatic carbocycles. The van der Waals surface area contributed by atoms with Gasteiger partial charge in [0.25, 0.3) is 5.89 Å². The Labute approximate surface area is 196 Å². The number of amides is 1. The minimum atomic E-state index is -0.270. The predicted octanol–water partition coefficient (Wildman–Crippen LogP) is 2.92. The van der Waals surface area contributed by atoms with Crippen LogP contribution in [0, 0.1) is 0 Å². The van der Waals surface area contributed by atoms with Crippen molar-refractivity contribution in [3.05, 3.63) is 60.4 Å². The van der Waals surface area contributed by atoms with Crippen LogP contribution in [0.25, 0.3) is 22.6 Å². The van der Waals surface area contributed by atoms with Gasteiger partial charge in [-0.2, -0.15) is 10.1 Å². The third-order valence-electron chi connectivity index (χ3n) is 6.58. The fourth-order valence-electron chi connectivity index (χ4n) is 4.17. The maximum Gasteiger partial charge on any atom is 0.261 e. The van der Waals surface area contributed by atoms with E-state index in [-0.39, 0.29) is 23.8 Å². The molecule has 1 aliphatic carbocycles. The largest absolute Gasteiger partial charge is 0.368 e. The highest BCUT2D eigenvalue weighted by molar-refractivity contribution is 5.75. The number of hydrogen-bond donors (Lipinski definition) is 1. The zero-order valence-corrected chi connectivity index (χ0v) is 19.2. The molecule has 3 aromatic heterocycles. The van der Waals surface area contributed by atoms with Gasteiger partial charge in [-0.25, -0.2) is 9.97 Å². The van der Waals surface area contributed by atoms with Gasteiger partial charge in [-0.15, -0.1) is 0 Å². The number of carbonyl (C=O) groups excluding carboxylic acids is 1. The SMILES string of the molecule is CCN(C)C(=O)Cn1cc(-c2nc(C3(c4ccc(-c5cnc(N)nc5)cc4)CCC3)no2)cn1. The van der Waals surface area contributed by atoms with E-state index in [1.165, 1.54) is 0 Å². The van der Waals surface area contributed by atoms with Gasteiger partial charge in [0.05, 0.1) is 17.2 Å². The summed E-state index contributed by atoms with van der Waals surface area (Å²) in [6.45, 7) is 2.75. The molecule has 0 spiro atoms. The van der Waals surface area contributed by atoms with Gasteiger partial charge < -0.3 is 15.2 Å². The molecule has 3 heterocycles. The van der Waals surface area contributed by atoms with Crippen molar-refractivity contribution < 1.29 is 9.32 Å². The van der Waals surface area contributed by atoms with Crippen molar-refractivity contribution in [1.82, 2.24) is 34.8 Å². The Morgan fingerprint density at radius 3 is 2.50 bits per heavy atom. The summed E-state index contributed by atoms with van der Waals surface area (Å²) in [5, 5.41) is 8.61. The summed E-state index contributed by atoms with van der Waals surface area (Å²) in [6.07, 6.45) is 9.85. The van der Waals surface area contributed by atoms with Crippen molar-refractivity contribution >= 4 is 11.9 Å². The van der Waals surface area contributed by atoms with E-state index >= 15 is 0 Å². The van der Waals surface area contributed by atoms with Crippen LogP contribution in [0.3, 0.4) is 0 Å². The Hall–Kier alpha value is -4.08. The maximum absolute atomic E-state index is 12.2. The minimum Gasteiger partial charge on any atom is -0.368 e. The quantitative estimate of drug-likeness (QED) is 0.448. The summed E-state index contributed by atoms with van der Waals surface area (Å²) in [6, 6.07) is 8.32. The van der Waals surface area contributed by atoms with Crippen LogP contribution in [0.15, 0.2) is 53.6 Å². The molecule has 10 heteroatoms. The van der Waals surface area contributed by atoms with Crippen molar-refractivity contribution in [3.8, 4) is 22.6 Å². The van der Waals surface area contributed by atoms with Crippen LogP contribution in [-0.4, -0.2) is 54.3 Å². The zero-order valence-electron chi connectivity index (χ0n) is 19.2. The number of rotatable bonds is 7. The zero-order chi connectivity index (χ0) is 23.7. The molecule has 1 aliphatic rings. The average molecular weight is 459 g/mol. The fourth-order valence-corrected chi connectivity index (χ4v) is 4.17. The Bertz CT molecular complexity index is 1290. The summed E-state index contributed by atoms with van der Waals surface area (Å²) in [5.74, 6) is 1.32. The lowest BCUT2D eigenvalue weighted by Crippen LogP contribution is -2.36. The molecule has 5 rings (SSSR count). The number of nitrogens with two attached hydrogens (primary N) is 1. The molecule has 1 saturated carbocycles. The molecule has 0 saturated heterocycles. The Balaban J connectivity index is 1.36.